The normalized spacial score (nSPS) is 20.9. The summed E-state index contributed by atoms with van der Waals surface area (Å²) in [6, 6.07) is 0. The van der Waals surface area contributed by atoms with Gasteiger partial charge in [0.05, 0.1) is 24.2 Å². The first-order chi connectivity index (χ1) is 8.81. The lowest BCUT2D eigenvalue weighted by molar-refractivity contribution is 0.00329. The fourth-order valence-corrected chi connectivity index (χ4v) is 2.32. The fraction of sp³-hybridized carbons (Fsp3) is 0.692. The second kappa shape index (κ2) is 6.66. The van der Waals surface area contributed by atoms with Crippen LogP contribution in [-0.2, 0) is 11.3 Å². The number of hydrogen-bond acceptors (Lipinski definition) is 5. The lowest BCUT2D eigenvalue weighted by Gasteiger charge is -2.32. The van der Waals surface area contributed by atoms with Crippen molar-refractivity contribution in [2.75, 3.05) is 32.1 Å². The quantitative estimate of drug-likeness (QED) is 0.858. The molecule has 1 fully saturated rings. The third-order valence-electron chi connectivity index (χ3n) is 3.21. The van der Waals surface area contributed by atoms with Gasteiger partial charge in [0.2, 0.25) is 0 Å². The number of ether oxygens (including phenoxy) is 1. The monoisotopic (exact) mass is 250 g/mol. The predicted octanol–water partition coefficient (Wildman–Crippen LogP) is 1.52. The van der Waals surface area contributed by atoms with Crippen molar-refractivity contribution in [3.63, 3.8) is 0 Å². The molecule has 0 aliphatic carbocycles. The SMILES string of the molecule is CCOC1CCCN(Cc2cnc(NC)cn2)C1. The highest BCUT2D eigenvalue weighted by Crippen LogP contribution is 2.15. The number of aromatic nitrogens is 2. The summed E-state index contributed by atoms with van der Waals surface area (Å²) in [5.41, 5.74) is 1.02. The molecule has 0 bridgehead atoms. The number of likely N-dealkylation sites (tertiary alicyclic amines) is 1. The van der Waals surface area contributed by atoms with Gasteiger partial charge in [-0.15, -0.1) is 0 Å². The fourth-order valence-electron chi connectivity index (χ4n) is 2.32. The molecule has 5 nitrogen and oxygen atoms in total. The van der Waals surface area contributed by atoms with Crippen LogP contribution in [0.4, 0.5) is 5.82 Å². The number of rotatable bonds is 5. The maximum Gasteiger partial charge on any atom is 0.144 e. The largest absolute Gasteiger partial charge is 0.377 e. The Kier molecular flexibility index (Phi) is 4.90. The van der Waals surface area contributed by atoms with Crippen molar-refractivity contribution >= 4 is 5.82 Å². The van der Waals surface area contributed by atoms with Crippen LogP contribution in [0.15, 0.2) is 12.4 Å². The van der Waals surface area contributed by atoms with E-state index in [0.29, 0.717) is 6.10 Å². The van der Waals surface area contributed by atoms with Gasteiger partial charge >= 0.3 is 0 Å². The first-order valence-corrected chi connectivity index (χ1v) is 6.64. The highest BCUT2D eigenvalue weighted by molar-refractivity contribution is 5.29. The van der Waals surface area contributed by atoms with Gasteiger partial charge in [-0.2, -0.15) is 0 Å². The van der Waals surface area contributed by atoms with Crippen LogP contribution in [0.5, 0.6) is 0 Å². The summed E-state index contributed by atoms with van der Waals surface area (Å²) in [7, 11) is 1.85. The minimum absolute atomic E-state index is 0.383. The van der Waals surface area contributed by atoms with Gasteiger partial charge in [0.25, 0.3) is 0 Å². The Morgan fingerprint density at radius 3 is 3.00 bits per heavy atom. The number of nitrogens with one attached hydrogen (secondary N) is 1. The Hall–Kier alpha value is -1.20. The molecule has 0 amide bonds. The average molecular weight is 250 g/mol. The zero-order chi connectivity index (χ0) is 12.8. The number of piperidine rings is 1. The molecular formula is C13H22N4O. The maximum atomic E-state index is 5.70. The molecule has 0 radical (unpaired) electrons. The van der Waals surface area contributed by atoms with E-state index in [1.54, 1.807) is 6.20 Å². The van der Waals surface area contributed by atoms with Crippen molar-refractivity contribution < 1.29 is 4.74 Å². The molecule has 5 heteroatoms. The summed E-state index contributed by atoms with van der Waals surface area (Å²) in [6.45, 7) is 5.85. The number of anilines is 1. The van der Waals surface area contributed by atoms with E-state index >= 15 is 0 Å². The van der Waals surface area contributed by atoms with Crippen molar-refractivity contribution in [2.24, 2.45) is 0 Å². The summed E-state index contributed by atoms with van der Waals surface area (Å²) >= 11 is 0. The van der Waals surface area contributed by atoms with Gasteiger partial charge in [-0.1, -0.05) is 0 Å². The Morgan fingerprint density at radius 2 is 2.33 bits per heavy atom. The molecular weight excluding hydrogens is 228 g/mol. The molecule has 1 aromatic heterocycles. The third-order valence-corrected chi connectivity index (χ3v) is 3.21. The molecule has 1 N–H and O–H groups in total. The Balaban J connectivity index is 1.87. The lowest BCUT2D eigenvalue weighted by atomic mass is 10.1. The molecule has 1 unspecified atom stereocenters. The summed E-state index contributed by atoms with van der Waals surface area (Å²) in [5.74, 6) is 0.810. The molecule has 0 aromatic carbocycles. The number of hydrogen-bond donors (Lipinski definition) is 1. The molecule has 0 spiro atoms. The first kappa shape index (κ1) is 13.2. The van der Waals surface area contributed by atoms with Gasteiger partial charge < -0.3 is 10.1 Å². The summed E-state index contributed by atoms with van der Waals surface area (Å²) in [6.07, 6.45) is 6.38. The predicted molar refractivity (Wildman–Crippen MR) is 71.5 cm³/mol. The lowest BCUT2D eigenvalue weighted by Crippen LogP contribution is -2.39. The van der Waals surface area contributed by atoms with Crippen molar-refractivity contribution in [3.05, 3.63) is 18.1 Å². The topological polar surface area (TPSA) is 50.3 Å². The average Bonchev–Trinajstić information content (AvgIpc) is 2.40. The second-order valence-electron chi connectivity index (χ2n) is 4.60. The zero-order valence-corrected chi connectivity index (χ0v) is 11.2. The van der Waals surface area contributed by atoms with Crippen LogP contribution in [0.25, 0.3) is 0 Å². The van der Waals surface area contributed by atoms with Gasteiger partial charge in [0.1, 0.15) is 5.82 Å². The van der Waals surface area contributed by atoms with Crippen LogP contribution in [-0.4, -0.2) is 47.7 Å². The van der Waals surface area contributed by atoms with Gasteiger partial charge in [0.15, 0.2) is 0 Å². The van der Waals surface area contributed by atoms with E-state index in [1.807, 2.05) is 13.2 Å². The van der Waals surface area contributed by atoms with Crippen LogP contribution in [0.2, 0.25) is 0 Å². The summed E-state index contributed by atoms with van der Waals surface area (Å²) in [4.78, 5) is 11.1. The van der Waals surface area contributed by atoms with Crippen molar-refractivity contribution in [1.82, 2.24) is 14.9 Å². The van der Waals surface area contributed by atoms with E-state index in [0.717, 1.165) is 37.8 Å². The van der Waals surface area contributed by atoms with E-state index in [4.69, 9.17) is 4.74 Å². The smallest absolute Gasteiger partial charge is 0.144 e. The van der Waals surface area contributed by atoms with Gasteiger partial charge in [-0.3, -0.25) is 9.88 Å². The molecule has 18 heavy (non-hydrogen) atoms. The number of nitrogens with zero attached hydrogens (tertiary/aromatic N) is 3. The Bertz CT molecular complexity index is 353. The molecule has 100 valence electrons. The van der Waals surface area contributed by atoms with Crippen LogP contribution in [0.3, 0.4) is 0 Å². The van der Waals surface area contributed by atoms with Gasteiger partial charge in [0, 0.05) is 26.7 Å². The van der Waals surface area contributed by atoms with Crippen LogP contribution in [0.1, 0.15) is 25.5 Å². The van der Waals surface area contributed by atoms with E-state index < -0.39 is 0 Å². The van der Waals surface area contributed by atoms with Crippen LogP contribution >= 0.6 is 0 Å². The Labute approximate surface area is 109 Å². The molecule has 1 aliphatic heterocycles. The first-order valence-electron chi connectivity index (χ1n) is 6.64. The molecule has 1 atom stereocenters. The Morgan fingerprint density at radius 1 is 1.44 bits per heavy atom. The molecule has 0 saturated carbocycles. The van der Waals surface area contributed by atoms with Gasteiger partial charge in [-0.05, 0) is 26.3 Å². The van der Waals surface area contributed by atoms with Crippen LogP contribution in [0, 0.1) is 0 Å². The molecule has 2 heterocycles. The van der Waals surface area contributed by atoms with E-state index in [1.165, 1.54) is 12.8 Å². The van der Waals surface area contributed by atoms with Gasteiger partial charge in [-0.25, -0.2) is 4.98 Å². The van der Waals surface area contributed by atoms with E-state index in [2.05, 4.69) is 27.1 Å². The molecule has 2 rings (SSSR count). The summed E-state index contributed by atoms with van der Waals surface area (Å²) in [5, 5.41) is 2.97. The van der Waals surface area contributed by atoms with Crippen molar-refractivity contribution in [1.29, 1.82) is 0 Å². The van der Waals surface area contributed by atoms with Crippen LogP contribution < -0.4 is 5.32 Å². The molecule has 1 aliphatic rings. The van der Waals surface area contributed by atoms with Crippen molar-refractivity contribution in [3.8, 4) is 0 Å². The third kappa shape index (κ3) is 3.65. The molecule has 1 saturated heterocycles. The highest BCUT2D eigenvalue weighted by atomic mass is 16.5. The van der Waals surface area contributed by atoms with Crippen molar-refractivity contribution in [2.45, 2.75) is 32.4 Å². The van der Waals surface area contributed by atoms with E-state index in [9.17, 15) is 0 Å². The van der Waals surface area contributed by atoms with E-state index in [-0.39, 0.29) is 0 Å². The second-order valence-corrected chi connectivity index (χ2v) is 4.60. The summed E-state index contributed by atoms with van der Waals surface area (Å²) < 4.78 is 5.70. The highest BCUT2D eigenvalue weighted by Gasteiger charge is 2.20. The zero-order valence-electron chi connectivity index (χ0n) is 11.2. The minimum Gasteiger partial charge on any atom is -0.377 e. The molecule has 1 aromatic rings. The maximum absolute atomic E-state index is 5.70. The standard InChI is InChI=1S/C13H22N4O/c1-3-18-12-5-4-6-17(10-12)9-11-7-16-13(14-2)8-15-11/h7-8,12H,3-6,9-10H2,1-2H3,(H,14,16). The minimum atomic E-state index is 0.383.